The summed E-state index contributed by atoms with van der Waals surface area (Å²) in [5, 5.41) is 0. The van der Waals surface area contributed by atoms with Gasteiger partial charge in [-0.3, -0.25) is 0 Å². The van der Waals surface area contributed by atoms with Crippen LogP contribution >= 0.6 is 0 Å². The van der Waals surface area contributed by atoms with Crippen molar-refractivity contribution in [3.05, 3.63) is 50.6 Å². The monoisotopic (exact) mass is 282 g/mol. The second-order valence-corrected chi connectivity index (χ2v) is 11.3. The largest absolute Gasteiger partial charge is 0.455 e. The average Bonchev–Trinajstić information content (AvgIpc) is 2.29. The molecule has 0 radical (unpaired) electrons. The molecule has 0 saturated heterocycles. The molecule has 0 aromatic heterocycles. The first-order valence-electron chi connectivity index (χ1n) is 6.17. The van der Waals surface area contributed by atoms with E-state index in [-0.39, 0.29) is 5.79 Å². The van der Waals surface area contributed by atoms with Crippen molar-refractivity contribution in [1.29, 1.82) is 0 Å². The Labute approximate surface area is 114 Å². The minimum atomic E-state index is -1.96. The van der Waals surface area contributed by atoms with E-state index in [0.717, 1.165) is 24.2 Å². The second kappa shape index (κ2) is 9.24. The molecule has 0 heterocycles. The Kier molecular flexibility index (Phi) is 8.86. The molecule has 0 aromatic rings. The molecule has 1 atom stereocenters. The van der Waals surface area contributed by atoms with E-state index < -0.39 is 17.4 Å². The summed E-state index contributed by atoms with van der Waals surface area (Å²) in [6.45, 7) is 15.2. The van der Waals surface area contributed by atoms with Gasteiger partial charge in [-0.15, -0.1) is 26.3 Å². The van der Waals surface area contributed by atoms with E-state index in [1.165, 1.54) is 0 Å². The summed E-state index contributed by atoms with van der Waals surface area (Å²) >= 11 is 0. The molecule has 102 valence electrons. The minimum Gasteiger partial charge on any atom is -0.455 e. The molecule has 4 N–H and O–H groups in total. The Bertz CT molecular complexity index is 266. The molecule has 18 heavy (non-hydrogen) atoms. The third-order valence-electron chi connectivity index (χ3n) is 2.78. The summed E-state index contributed by atoms with van der Waals surface area (Å²) in [5.74, 6) is -0.366. The first-order valence-corrected chi connectivity index (χ1v) is 10.7. The quantitative estimate of drug-likeness (QED) is 0.347. The van der Waals surface area contributed by atoms with Crippen molar-refractivity contribution in [2.45, 2.75) is 30.0 Å². The van der Waals surface area contributed by atoms with Crippen molar-refractivity contribution in [2.75, 3.05) is 0 Å². The van der Waals surface area contributed by atoms with Crippen LogP contribution in [0.1, 0.15) is 0 Å². The molecule has 0 rings (SSSR count). The summed E-state index contributed by atoms with van der Waals surface area (Å²) in [4.78, 5) is 0. The minimum absolute atomic E-state index is 0.366. The van der Waals surface area contributed by atoms with Gasteiger partial charge < -0.3 is 15.6 Å². The molecule has 0 aromatic carbocycles. The predicted molar refractivity (Wildman–Crippen MR) is 86.2 cm³/mol. The van der Waals surface area contributed by atoms with Gasteiger partial charge in [0.1, 0.15) is 0 Å². The lowest BCUT2D eigenvalue weighted by Gasteiger charge is -2.34. The maximum atomic E-state index is 6.40. The molecule has 0 spiro atoms. The van der Waals surface area contributed by atoms with Gasteiger partial charge in [-0.1, -0.05) is 24.3 Å². The Hall–Kier alpha value is -0.726. The van der Waals surface area contributed by atoms with Crippen molar-refractivity contribution in [1.82, 2.24) is 0 Å². The standard InChI is InChI=1S/C13H26N2OSi2/c1-5-9-17(13(14)15)16-18(10-6-2,11-7-3)12-8-4/h5-8,13,17H,1-4,9-12,14-15H2. The van der Waals surface area contributed by atoms with E-state index in [2.05, 4.69) is 26.3 Å². The van der Waals surface area contributed by atoms with Gasteiger partial charge in [0.2, 0.25) is 0 Å². The van der Waals surface area contributed by atoms with Crippen LogP contribution < -0.4 is 11.5 Å². The van der Waals surface area contributed by atoms with E-state index in [0.29, 0.717) is 0 Å². The number of hydrogen-bond donors (Lipinski definition) is 2. The van der Waals surface area contributed by atoms with Gasteiger partial charge in [-0.05, 0) is 24.2 Å². The molecule has 0 fully saturated rings. The van der Waals surface area contributed by atoms with Crippen molar-refractivity contribution < 1.29 is 4.12 Å². The first kappa shape index (κ1) is 17.3. The van der Waals surface area contributed by atoms with Crippen molar-refractivity contribution in [3.63, 3.8) is 0 Å². The average molecular weight is 283 g/mol. The summed E-state index contributed by atoms with van der Waals surface area (Å²) in [5.41, 5.74) is 11.7. The highest BCUT2D eigenvalue weighted by atomic mass is 28.4. The normalized spacial score (nSPS) is 13.1. The van der Waals surface area contributed by atoms with E-state index in [1.807, 2.05) is 24.3 Å². The van der Waals surface area contributed by atoms with E-state index >= 15 is 0 Å². The van der Waals surface area contributed by atoms with Crippen molar-refractivity contribution >= 4 is 17.4 Å². The van der Waals surface area contributed by atoms with Crippen molar-refractivity contribution in [2.24, 2.45) is 11.5 Å². The van der Waals surface area contributed by atoms with Crippen molar-refractivity contribution in [3.8, 4) is 0 Å². The molecular weight excluding hydrogens is 256 g/mol. The van der Waals surface area contributed by atoms with Crippen LogP contribution in [0.4, 0.5) is 0 Å². The van der Waals surface area contributed by atoms with Gasteiger partial charge in [0.25, 0.3) is 0 Å². The molecule has 0 aliphatic heterocycles. The summed E-state index contributed by atoms with van der Waals surface area (Å²) in [6.07, 6.45) is 7.60. The fourth-order valence-corrected chi connectivity index (χ4v) is 9.41. The van der Waals surface area contributed by atoms with Crippen LogP contribution in [0.5, 0.6) is 0 Å². The molecule has 0 aliphatic carbocycles. The molecule has 1 unspecified atom stereocenters. The summed E-state index contributed by atoms with van der Waals surface area (Å²) in [7, 11) is -3.63. The van der Waals surface area contributed by atoms with E-state index in [9.17, 15) is 0 Å². The lowest BCUT2D eigenvalue weighted by atomic mass is 10.7. The second-order valence-electron chi connectivity index (χ2n) is 4.42. The van der Waals surface area contributed by atoms with Crippen LogP contribution in [-0.4, -0.2) is 23.1 Å². The van der Waals surface area contributed by atoms with Crippen LogP contribution in [-0.2, 0) is 4.12 Å². The third-order valence-corrected chi connectivity index (χ3v) is 10.7. The zero-order chi connectivity index (χ0) is 14.0. The Morgan fingerprint density at radius 3 is 1.67 bits per heavy atom. The molecule has 0 amide bonds. The Morgan fingerprint density at radius 1 is 0.944 bits per heavy atom. The SMILES string of the molecule is C=CC[SiH](O[Si](CC=C)(CC=C)CC=C)C(N)N. The van der Waals surface area contributed by atoms with Gasteiger partial charge in [-0.25, -0.2) is 0 Å². The van der Waals surface area contributed by atoms with Gasteiger partial charge in [0.05, 0.1) is 5.79 Å². The zero-order valence-electron chi connectivity index (χ0n) is 11.2. The Balaban J connectivity index is 5.00. The van der Waals surface area contributed by atoms with Crippen LogP contribution in [0.3, 0.4) is 0 Å². The smallest absolute Gasteiger partial charge is 0.198 e. The number of nitrogens with two attached hydrogens (primary N) is 2. The highest BCUT2D eigenvalue weighted by molar-refractivity contribution is 6.81. The maximum absolute atomic E-state index is 6.40. The molecular formula is C13H26N2OSi2. The van der Waals surface area contributed by atoms with E-state index in [4.69, 9.17) is 15.6 Å². The fraction of sp³-hybridized carbons (Fsp3) is 0.385. The summed E-state index contributed by atoms with van der Waals surface area (Å²) in [6, 6.07) is 3.41. The molecule has 0 bridgehead atoms. The lowest BCUT2D eigenvalue weighted by Crippen LogP contribution is -2.54. The van der Waals surface area contributed by atoms with Gasteiger partial charge in [0, 0.05) is 0 Å². The Morgan fingerprint density at radius 2 is 1.39 bits per heavy atom. The lowest BCUT2D eigenvalue weighted by molar-refractivity contribution is 0.535. The highest BCUT2D eigenvalue weighted by Crippen LogP contribution is 2.26. The molecule has 5 heteroatoms. The fourth-order valence-electron chi connectivity index (χ4n) is 1.95. The molecule has 0 aliphatic rings. The first-order chi connectivity index (χ1) is 8.55. The molecule has 3 nitrogen and oxygen atoms in total. The van der Waals surface area contributed by atoms with Crippen LogP contribution in [0, 0.1) is 0 Å². The maximum Gasteiger partial charge on any atom is 0.198 e. The van der Waals surface area contributed by atoms with Crippen LogP contribution in [0.15, 0.2) is 50.6 Å². The molecule has 0 saturated carbocycles. The van der Waals surface area contributed by atoms with Crippen LogP contribution in [0.25, 0.3) is 0 Å². The van der Waals surface area contributed by atoms with E-state index in [1.54, 1.807) is 0 Å². The highest BCUT2D eigenvalue weighted by Gasteiger charge is 2.35. The predicted octanol–water partition coefficient (Wildman–Crippen LogP) is 2.20. The number of allylic oxidation sites excluding steroid dienone is 4. The number of rotatable bonds is 11. The zero-order valence-corrected chi connectivity index (χ0v) is 13.3. The van der Waals surface area contributed by atoms with Gasteiger partial charge in [-0.2, -0.15) is 0 Å². The van der Waals surface area contributed by atoms with Gasteiger partial charge in [0.15, 0.2) is 17.4 Å². The third kappa shape index (κ3) is 5.74. The van der Waals surface area contributed by atoms with Crippen LogP contribution in [0.2, 0.25) is 24.2 Å². The summed E-state index contributed by atoms with van der Waals surface area (Å²) < 4.78 is 6.40. The topological polar surface area (TPSA) is 61.3 Å². The van der Waals surface area contributed by atoms with Gasteiger partial charge >= 0.3 is 0 Å². The number of hydrogen-bond acceptors (Lipinski definition) is 3.